The maximum absolute atomic E-state index is 12.7. The SMILES string of the molecule is CC(SCc1nc2sc3c(c2c(=O)[nH]1)CCCC3)C(=O)OCc1nc(N)nc(N(C)C)n1. The monoisotopic (exact) mass is 475 g/mol. The van der Waals surface area contributed by atoms with E-state index in [-0.39, 0.29) is 23.9 Å². The fourth-order valence-electron chi connectivity index (χ4n) is 3.49. The Bertz CT molecular complexity index is 1210. The van der Waals surface area contributed by atoms with Crippen molar-refractivity contribution in [3.05, 3.63) is 32.4 Å². The van der Waals surface area contributed by atoms with Gasteiger partial charge in [-0.15, -0.1) is 23.1 Å². The molecule has 3 aromatic heterocycles. The van der Waals surface area contributed by atoms with Gasteiger partial charge in [-0.1, -0.05) is 0 Å². The van der Waals surface area contributed by atoms with Gasteiger partial charge in [-0.05, 0) is 38.2 Å². The number of aromatic amines is 1. The third-order valence-electron chi connectivity index (χ3n) is 5.11. The number of ether oxygens (including phenoxy) is 1. The topological polar surface area (TPSA) is 140 Å². The second-order valence-corrected chi connectivity index (χ2v) is 10.2. The third kappa shape index (κ3) is 4.85. The summed E-state index contributed by atoms with van der Waals surface area (Å²) in [5.74, 6) is 1.30. The van der Waals surface area contributed by atoms with E-state index < -0.39 is 11.2 Å². The highest BCUT2D eigenvalue weighted by molar-refractivity contribution is 7.99. The van der Waals surface area contributed by atoms with Gasteiger partial charge in [0.25, 0.3) is 5.56 Å². The van der Waals surface area contributed by atoms with Crippen LogP contribution < -0.4 is 16.2 Å². The summed E-state index contributed by atoms with van der Waals surface area (Å²) < 4.78 is 5.34. The molecule has 170 valence electrons. The van der Waals surface area contributed by atoms with Gasteiger partial charge in [0.15, 0.2) is 12.4 Å². The number of nitrogens with zero attached hydrogens (tertiary/aromatic N) is 5. The Morgan fingerprint density at radius 1 is 1.25 bits per heavy atom. The molecule has 1 aliphatic carbocycles. The second-order valence-electron chi connectivity index (χ2n) is 7.77. The molecule has 0 bridgehead atoms. The molecule has 0 spiro atoms. The van der Waals surface area contributed by atoms with Gasteiger partial charge in [0.2, 0.25) is 11.9 Å². The van der Waals surface area contributed by atoms with E-state index in [2.05, 4.69) is 24.9 Å². The predicted octanol–water partition coefficient (Wildman–Crippen LogP) is 2.06. The molecule has 3 N–H and O–H groups in total. The van der Waals surface area contributed by atoms with E-state index in [0.717, 1.165) is 41.5 Å². The van der Waals surface area contributed by atoms with Crippen LogP contribution in [-0.2, 0) is 34.7 Å². The van der Waals surface area contributed by atoms with Crippen molar-refractivity contribution in [2.45, 2.75) is 50.2 Å². The number of hydrogen-bond donors (Lipinski definition) is 2. The molecule has 0 radical (unpaired) electrons. The molecule has 3 aromatic rings. The zero-order valence-corrected chi connectivity index (χ0v) is 19.8. The quantitative estimate of drug-likeness (QED) is 0.488. The standard InChI is InChI=1S/C20H25N7O3S2/c1-10(18(29)30-8-13-24-19(21)26-20(25-13)27(2)3)31-9-14-22-16(28)15-11-6-4-5-7-12(11)32-17(15)23-14/h10H,4-9H2,1-3H3,(H,22,23,28)(H2,21,24,25,26). The second kappa shape index (κ2) is 9.41. The van der Waals surface area contributed by atoms with Crippen molar-refractivity contribution in [3.63, 3.8) is 0 Å². The van der Waals surface area contributed by atoms with E-state index in [1.807, 2.05) is 0 Å². The first-order valence-electron chi connectivity index (χ1n) is 10.3. The van der Waals surface area contributed by atoms with Crippen LogP contribution in [0.5, 0.6) is 0 Å². The number of nitrogens with two attached hydrogens (primary N) is 1. The number of carbonyl (C=O) groups is 1. The van der Waals surface area contributed by atoms with Crippen LogP contribution in [0, 0.1) is 0 Å². The molecule has 0 aromatic carbocycles. The highest BCUT2D eigenvalue weighted by Crippen LogP contribution is 2.33. The lowest BCUT2D eigenvalue weighted by molar-refractivity contribution is -0.144. The fraction of sp³-hybridized carbons (Fsp3) is 0.500. The highest BCUT2D eigenvalue weighted by Gasteiger charge is 2.21. The number of fused-ring (bicyclic) bond motifs is 3. The van der Waals surface area contributed by atoms with Crippen molar-refractivity contribution in [1.29, 1.82) is 0 Å². The van der Waals surface area contributed by atoms with Crippen LogP contribution in [0.3, 0.4) is 0 Å². The Balaban J connectivity index is 1.37. The zero-order valence-electron chi connectivity index (χ0n) is 18.2. The number of anilines is 2. The molecule has 1 atom stereocenters. The molecule has 32 heavy (non-hydrogen) atoms. The summed E-state index contributed by atoms with van der Waals surface area (Å²) in [6, 6.07) is 0. The lowest BCUT2D eigenvalue weighted by Gasteiger charge is -2.13. The van der Waals surface area contributed by atoms with Crippen molar-refractivity contribution in [3.8, 4) is 0 Å². The summed E-state index contributed by atoms with van der Waals surface area (Å²) >= 11 is 2.96. The van der Waals surface area contributed by atoms with Crippen molar-refractivity contribution in [1.82, 2.24) is 24.9 Å². The fourth-order valence-corrected chi connectivity index (χ4v) is 5.52. The summed E-state index contributed by atoms with van der Waals surface area (Å²) in [6.07, 6.45) is 4.24. The average molecular weight is 476 g/mol. The van der Waals surface area contributed by atoms with Gasteiger partial charge in [-0.2, -0.15) is 15.0 Å². The summed E-state index contributed by atoms with van der Waals surface area (Å²) in [4.78, 5) is 48.6. The summed E-state index contributed by atoms with van der Waals surface area (Å²) in [5, 5.41) is 0.277. The Morgan fingerprint density at radius 2 is 2.03 bits per heavy atom. The molecule has 1 aliphatic rings. The minimum atomic E-state index is -0.458. The van der Waals surface area contributed by atoms with Gasteiger partial charge in [-0.3, -0.25) is 9.59 Å². The average Bonchev–Trinajstić information content (AvgIpc) is 3.14. The molecule has 12 heteroatoms. The molecule has 0 saturated heterocycles. The number of rotatable bonds is 7. The largest absolute Gasteiger partial charge is 0.457 e. The van der Waals surface area contributed by atoms with E-state index in [0.29, 0.717) is 17.5 Å². The smallest absolute Gasteiger partial charge is 0.319 e. The number of H-pyrrole nitrogens is 1. The summed E-state index contributed by atoms with van der Waals surface area (Å²) in [5.41, 5.74) is 6.76. The van der Waals surface area contributed by atoms with Gasteiger partial charge >= 0.3 is 5.97 Å². The van der Waals surface area contributed by atoms with Crippen molar-refractivity contribution < 1.29 is 9.53 Å². The lowest BCUT2D eigenvalue weighted by atomic mass is 9.97. The van der Waals surface area contributed by atoms with Crippen LogP contribution in [0.1, 0.15) is 41.9 Å². The minimum absolute atomic E-state index is 0.0675. The molecule has 0 amide bonds. The van der Waals surface area contributed by atoms with Crippen LogP contribution in [0.15, 0.2) is 4.79 Å². The van der Waals surface area contributed by atoms with E-state index in [4.69, 9.17) is 10.5 Å². The number of nitrogen functional groups attached to an aromatic ring is 1. The highest BCUT2D eigenvalue weighted by atomic mass is 32.2. The van der Waals surface area contributed by atoms with Gasteiger partial charge in [0.05, 0.1) is 11.1 Å². The first-order chi connectivity index (χ1) is 15.3. The first-order valence-corrected chi connectivity index (χ1v) is 12.2. The Hall–Kier alpha value is -2.73. The van der Waals surface area contributed by atoms with E-state index in [9.17, 15) is 9.59 Å². The normalized spacial score (nSPS) is 14.2. The molecule has 10 nitrogen and oxygen atoms in total. The van der Waals surface area contributed by atoms with E-state index in [1.54, 1.807) is 37.3 Å². The van der Waals surface area contributed by atoms with E-state index in [1.165, 1.54) is 16.6 Å². The van der Waals surface area contributed by atoms with Gasteiger partial charge in [-0.25, -0.2) is 4.98 Å². The summed E-state index contributed by atoms with van der Waals surface area (Å²) in [7, 11) is 3.56. The Kier molecular flexibility index (Phi) is 6.60. The summed E-state index contributed by atoms with van der Waals surface area (Å²) in [6.45, 7) is 1.65. The van der Waals surface area contributed by atoms with Gasteiger partial charge in [0.1, 0.15) is 15.9 Å². The lowest BCUT2D eigenvalue weighted by Crippen LogP contribution is -2.20. The number of nitrogens with one attached hydrogen (secondary N) is 1. The van der Waals surface area contributed by atoms with E-state index >= 15 is 0 Å². The van der Waals surface area contributed by atoms with Crippen LogP contribution in [0.4, 0.5) is 11.9 Å². The molecule has 4 rings (SSSR count). The maximum Gasteiger partial charge on any atom is 0.319 e. The van der Waals surface area contributed by atoms with Crippen molar-refractivity contribution in [2.24, 2.45) is 0 Å². The number of esters is 1. The molecule has 1 unspecified atom stereocenters. The number of thiophene rings is 1. The molecule has 0 fully saturated rings. The number of carbonyl (C=O) groups excluding carboxylic acids is 1. The van der Waals surface area contributed by atoms with Crippen LogP contribution >= 0.6 is 23.1 Å². The first kappa shape index (κ1) is 22.5. The van der Waals surface area contributed by atoms with Crippen molar-refractivity contribution >= 4 is 51.2 Å². The van der Waals surface area contributed by atoms with Gasteiger partial charge in [0, 0.05) is 19.0 Å². The Morgan fingerprint density at radius 3 is 2.81 bits per heavy atom. The third-order valence-corrected chi connectivity index (χ3v) is 7.43. The van der Waals surface area contributed by atoms with Crippen LogP contribution in [-0.4, -0.2) is 50.2 Å². The van der Waals surface area contributed by atoms with Crippen molar-refractivity contribution in [2.75, 3.05) is 24.7 Å². The number of hydrogen-bond acceptors (Lipinski definition) is 11. The van der Waals surface area contributed by atoms with Crippen LogP contribution in [0.25, 0.3) is 10.2 Å². The van der Waals surface area contributed by atoms with Crippen LogP contribution in [0.2, 0.25) is 0 Å². The molecular formula is C20H25N7O3S2. The molecular weight excluding hydrogens is 450 g/mol. The number of aryl methyl sites for hydroxylation is 2. The zero-order chi connectivity index (χ0) is 22.8. The maximum atomic E-state index is 12.7. The Labute approximate surface area is 193 Å². The molecule has 0 aliphatic heterocycles. The molecule has 0 saturated carbocycles. The van der Waals surface area contributed by atoms with Gasteiger partial charge < -0.3 is 20.4 Å². The number of thioether (sulfide) groups is 1. The predicted molar refractivity (Wildman–Crippen MR) is 126 cm³/mol. The molecule has 3 heterocycles. The number of aromatic nitrogens is 5. The minimum Gasteiger partial charge on any atom is -0.457 e.